The third kappa shape index (κ3) is 13.0. The van der Waals surface area contributed by atoms with Crippen molar-refractivity contribution in [1.82, 2.24) is 0 Å². The first kappa shape index (κ1) is 29.0. The first-order valence-corrected chi connectivity index (χ1v) is 10.1. The van der Waals surface area contributed by atoms with Crippen molar-refractivity contribution in [2.75, 3.05) is 29.5 Å². The van der Waals surface area contributed by atoms with Crippen LogP contribution in [0.25, 0.3) is 0 Å². The predicted octanol–water partition coefficient (Wildman–Crippen LogP) is -7.38. The van der Waals surface area contributed by atoms with Crippen LogP contribution in [-0.4, -0.2) is 73.0 Å². The zero-order valence-electron chi connectivity index (χ0n) is 14.9. The monoisotopic (exact) mass is 427 g/mol. The number of rotatable bonds is 9. The van der Waals surface area contributed by atoms with Gasteiger partial charge in [0.25, 0.3) is 0 Å². The summed E-state index contributed by atoms with van der Waals surface area (Å²) in [6, 6.07) is 6.67. The third-order valence-corrected chi connectivity index (χ3v) is 4.64. The maximum atomic E-state index is 10.7. The van der Waals surface area contributed by atoms with E-state index in [1.54, 1.807) is 24.3 Å². The van der Waals surface area contributed by atoms with E-state index in [4.69, 9.17) is 0 Å². The van der Waals surface area contributed by atoms with Crippen LogP contribution in [0.5, 0.6) is 0 Å². The van der Waals surface area contributed by atoms with Gasteiger partial charge in [0.1, 0.15) is 0 Å². The van der Waals surface area contributed by atoms with Crippen LogP contribution >= 0.6 is 0 Å². The molecule has 0 spiro atoms. The smallest absolute Gasteiger partial charge is 0.748 e. The van der Waals surface area contributed by atoms with E-state index in [0.29, 0.717) is 5.69 Å². The molecule has 0 amide bonds. The summed E-state index contributed by atoms with van der Waals surface area (Å²) in [5.41, 5.74) is 1.38. The predicted molar refractivity (Wildman–Crippen MR) is 84.5 cm³/mol. The molecule has 0 bridgehead atoms. The SMILES string of the molecule is Cc1ccc(N(CC(O)CS(=O)(=O)[O-])CC(O)CS(=O)(=O)[O-])cc1.[Na+].[Na+]. The molecule has 2 unspecified atom stereocenters. The van der Waals surface area contributed by atoms with E-state index in [1.807, 2.05) is 6.92 Å². The van der Waals surface area contributed by atoms with Gasteiger partial charge in [0.05, 0.1) is 43.9 Å². The number of nitrogens with zero attached hydrogens (tertiary/aromatic N) is 1. The number of anilines is 1. The molecule has 26 heavy (non-hydrogen) atoms. The zero-order chi connectivity index (χ0) is 18.5. The van der Waals surface area contributed by atoms with E-state index < -0.39 is 43.9 Å². The van der Waals surface area contributed by atoms with E-state index in [2.05, 4.69) is 0 Å². The Balaban J connectivity index is 0. The van der Waals surface area contributed by atoms with Crippen LogP contribution in [0.3, 0.4) is 0 Å². The van der Waals surface area contributed by atoms with Gasteiger partial charge in [-0.1, -0.05) is 17.7 Å². The van der Waals surface area contributed by atoms with Gasteiger partial charge in [-0.2, -0.15) is 0 Å². The summed E-state index contributed by atoms with van der Waals surface area (Å²) < 4.78 is 64.3. The molecule has 9 nitrogen and oxygen atoms in total. The van der Waals surface area contributed by atoms with Crippen molar-refractivity contribution in [2.45, 2.75) is 19.1 Å². The quantitative estimate of drug-likeness (QED) is 0.288. The molecule has 0 fully saturated rings. The van der Waals surface area contributed by atoms with Gasteiger partial charge in [0.15, 0.2) is 0 Å². The van der Waals surface area contributed by atoms with E-state index in [9.17, 15) is 36.2 Å². The van der Waals surface area contributed by atoms with Crippen LogP contribution in [0.15, 0.2) is 24.3 Å². The van der Waals surface area contributed by atoms with Gasteiger partial charge < -0.3 is 24.2 Å². The average Bonchev–Trinajstić information content (AvgIpc) is 2.34. The summed E-state index contributed by atoms with van der Waals surface area (Å²) >= 11 is 0. The molecule has 138 valence electrons. The van der Waals surface area contributed by atoms with Crippen LogP contribution in [0, 0.1) is 6.92 Å². The van der Waals surface area contributed by atoms with Gasteiger partial charge in [0, 0.05) is 18.8 Å². The van der Waals surface area contributed by atoms with E-state index in [1.165, 1.54) is 4.90 Å². The van der Waals surface area contributed by atoms with Crippen molar-refractivity contribution in [3.05, 3.63) is 29.8 Å². The maximum absolute atomic E-state index is 10.7. The Morgan fingerprint density at radius 2 is 1.23 bits per heavy atom. The van der Waals surface area contributed by atoms with Crippen LogP contribution in [-0.2, 0) is 20.2 Å². The summed E-state index contributed by atoms with van der Waals surface area (Å²) in [5, 5.41) is 19.5. The van der Waals surface area contributed by atoms with E-state index in [0.717, 1.165) is 5.56 Å². The Labute approximate surface area is 197 Å². The molecule has 0 saturated carbocycles. The Hall–Kier alpha value is 0.760. The number of aryl methyl sites for hydroxylation is 1. The Morgan fingerprint density at radius 1 is 0.885 bits per heavy atom. The number of aliphatic hydroxyl groups is 2. The fraction of sp³-hybridized carbons (Fsp3) is 0.538. The Kier molecular flexibility index (Phi) is 13.8. The summed E-state index contributed by atoms with van der Waals surface area (Å²) in [6.45, 7) is 1.16. The van der Waals surface area contributed by atoms with Crippen molar-refractivity contribution >= 4 is 25.9 Å². The minimum atomic E-state index is -4.65. The number of benzene rings is 1. The number of hydrogen-bond acceptors (Lipinski definition) is 9. The molecule has 0 aliphatic heterocycles. The zero-order valence-corrected chi connectivity index (χ0v) is 20.5. The molecule has 0 aromatic heterocycles. The van der Waals surface area contributed by atoms with Gasteiger partial charge in [-0.25, -0.2) is 16.8 Å². The minimum absolute atomic E-state index is 0. The fourth-order valence-corrected chi connectivity index (χ4v) is 3.28. The van der Waals surface area contributed by atoms with Crippen LogP contribution < -0.4 is 64.0 Å². The molecule has 2 N–H and O–H groups in total. The summed E-state index contributed by atoms with van der Waals surface area (Å²) in [4.78, 5) is 1.31. The molecular formula is C13H19NNa2O8S2. The number of aliphatic hydroxyl groups excluding tert-OH is 2. The maximum Gasteiger partial charge on any atom is 1.00 e. The van der Waals surface area contributed by atoms with Gasteiger partial charge in [-0.05, 0) is 19.1 Å². The molecule has 0 aliphatic carbocycles. The molecule has 13 heteroatoms. The van der Waals surface area contributed by atoms with Gasteiger partial charge >= 0.3 is 59.1 Å². The second-order valence-electron chi connectivity index (χ2n) is 5.50. The molecular weight excluding hydrogens is 408 g/mol. The molecule has 0 aliphatic rings. The molecule has 1 aromatic carbocycles. The number of hydrogen-bond donors (Lipinski definition) is 2. The summed E-state index contributed by atoms with van der Waals surface area (Å²) in [5.74, 6) is -2.05. The van der Waals surface area contributed by atoms with Crippen molar-refractivity contribution in [1.29, 1.82) is 0 Å². The Morgan fingerprint density at radius 3 is 1.54 bits per heavy atom. The molecule has 0 heterocycles. The van der Waals surface area contributed by atoms with Crippen LogP contribution in [0.1, 0.15) is 5.56 Å². The average molecular weight is 427 g/mol. The molecule has 1 rings (SSSR count). The minimum Gasteiger partial charge on any atom is -0.748 e. The third-order valence-electron chi connectivity index (χ3n) is 3.05. The normalized spacial score (nSPS) is 13.9. The molecule has 0 radical (unpaired) electrons. The van der Waals surface area contributed by atoms with Crippen molar-refractivity contribution < 1.29 is 95.3 Å². The van der Waals surface area contributed by atoms with Gasteiger partial charge in [-0.15, -0.1) is 0 Å². The second kappa shape index (κ2) is 12.3. The van der Waals surface area contributed by atoms with Crippen LogP contribution in [0.4, 0.5) is 5.69 Å². The van der Waals surface area contributed by atoms with Gasteiger partial charge in [0.2, 0.25) is 0 Å². The molecule has 1 aromatic rings. The summed E-state index contributed by atoms with van der Waals surface area (Å²) in [6.07, 6.45) is -3.07. The topological polar surface area (TPSA) is 158 Å². The first-order valence-electron chi connectivity index (χ1n) is 6.90. The molecule has 0 saturated heterocycles. The Bertz CT molecular complexity index is 698. The van der Waals surface area contributed by atoms with E-state index in [-0.39, 0.29) is 72.2 Å². The fourth-order valence-electron chi connectivity index (χ4n) is 2.13. The summed E-state index contributed by atoms with van der Waals surface area (Å²) in [7, 11) is -9.30. The second-order valence-corrected chi connectivity index (χ2v) is 8.39. The molecule has 2 atom stereocenters. The largest absolute Gasteiger partial charge is 1.00 e. The van der Waals surface area contributed by atoms with Crippen molar-refractivity contribution in [2.24, 2.45) is 0 Å². The van der Waals surface area contributed by atoms with Crippen LogP contribution in [0.2, 0.25) is 0 Å². The standard InChI is InChI=1S/C13H21NO8S2.2Na/c1-10-2-4-11(5-3-10)14(6-12(15)8-23(17,18)19)7-13(16)9-24(20,21)22;;/h2-5,12-13,15-16H,6-9H2,1H3,(H,17,18,19)(H,20,21,22);;/q;2*+1/p-2. The van der Waals surface area contributed by atoms with E-state index >= 15 is 0 Å². The first-order chi connectivity index (χ1) is 10.9. The van der Waals surface area contributed by atoms with Gasteiger partial charge in [-0.3, -0.25) is 0 Å². The van der Waals surface area contributed by atoms with Crippen molar-refractivity contribution in [3.8, 4) is 0 Å². The van der Waals surface area contributed by atoms with Crippen molar-refractivity contribution in [3.63, 3.8) is 0 Å².